The summed E-state index contributed by atoms with van der Waals surface area (Å²) in [5, 5.41) is 12.9. The number of methoxy groups -OCH3 is 1. The summed E-state index contributed by atoms with van der Waals surface area (Å²) in [4.78, 5) is 25.5. The minimum Gasteiger partial charge on any atom is -0.497 e. The largest absolute Gasteiger partial charge is 0.497 e. The molecule has 0 spiro atoms. The van der Waals surface area contributed by atoms with Crippen molar-refractivity contribution in [3.63, 3.8) is 0 Å². The van der Waals surface area contributed by atoms with Crippen molar-refractivity contribution in [1.82, 2.24) is 10.1 Å². The van der Waals surface area contributed by atoms with Crippen LogP contribution in [0, 0.1) is 5.82 Å². The van der Waals surface area contributed by atoms with Gasteiger partial charge in [-0.3, -0.25) is 9.59 Å². The minimum atomic E-state index is -0.912. The number of carboxylic acids is 1. The van der Waals surface area contributed by atoms with Crippen LogP contribution in [0.5, 0.6) is 11.5 Å². The maximum Gasteiger partial charge on any atom is 0.303 e. The molecular weight excluding hydrogens is 455 g/mol. The molecule has 1 atom stereocenters. The fourth-order valence-corrected chi connectivity index (χ4v) is 4.18. The van der Waals surface area contributed by atoms with E-state index in [4.69, 9.17) is 19.1 Å². The molecule has 9 heteroatoms. The molecule has 1 aliphatic rings. The van der Waals surface area contributed by atoms with Gasteiger partial charge in [-0.05, 0) is 48.2 Å². The monoisotopic (exact) mass is 482 g/mol. The lowest BCUT2D eigenvalue weighted by atomic mass is 10.1. The fraction of sp³-hybridized carbons (Fsp3) is 0.346. The number of aromatic nitrogens is 1. The molecule has 8 nitrogen and oxygen atoms in total. The molecule has 1 aromatic heterocycles. The molecule has 1 N–H and O–H groups in total. The molecule has 0 bridgehead atoms. The van der Waals surface area contributed by atoms with Crippen LogP contribution in [0.1, 0.15) is 47.9 Å². The second kappa shape index (κ2) is 11.0. The van der Waals surface area contributed by atoms with Crippen molar-refractivity contribution in [2.24, 2.45) is 0 Å². The first kappa shape index (κ1) is 24.3. The number of aryl methyl sites for hydroxylation is 1. The van der Waals surface area contributed by atoms with E-state index in [2.05, 4.69) is 5.16 Å². The summed E-state index contributed by atoms with van der Waals surface area (Å²) in [6.45, 7) is 0.763. The molecule has 184 valence electrons. The van der Waals surface area contributed by atoms with Crippen molar-refractivity contribution in [2.45, 2.75) is 44.8 Å². The number of benzene rings is 2. The predicted octanol–water partition coefficient (Wildman–Crippen LogP) is 4.32. The number of likely N-dealkylation sites (tertiary alicyclic amines) is 1. The number of amides is 1. The first-order chi connectivity index (χ1) is 16.9. The topological polar surface area (TPSA) is 102 Å². The fourth-order valence-electron chi connectivity index (χ4n) is 4.18. The Bertz CT molecular complexity index is 1190. The highest BCUT2D eigenvalue weighted by atomic mass is 19.1. The van der Waals surface area contributed by atoms with Gasteiger partial charge in [-0.15, -0.1) is 0 Å². The molecule has 1 amide bonds. The first-order valence-electron chi connectivity index (χ1n) is 11.4. The number of hydrogen-bond donors (Lipinski definition) is 1. The average molecular weight is 483 g/mol. The highest BCUT2D eigenvalue weighted by Gasteiger charge is 2.32. The van der Waals surface area contributed by atoms with Gasteiger partial charge in [0, 0.05) is 19.0 Å². The summed E-state index contributed by atoms with van der Waals surface area (Å²) in [7, 11) is 1.58. The lowest BCUT2D eigenvalue weighted by Gasteiger charge is -2.23. The second-order valence-electron chi connectivity index (χ2n) is 8.44. The molecule has 3 aromatic rings. The molecule has 2 heterocycles. The Kier molecular flexibility index (Phi) is 7.64. The summed E-state index contributed by atoms with van der Waals surface area (Å²) in [5.41, 5.74) is 2.01. The number of aliphatic carboxylic acids is 1. The number of carboxylic acid groups (broad SMARTS) is 1. The van der Waals surface area contributed by atoms with E-state index in [1.54, 1.807) is 24.1 Å². The van der Waals surface area contributed by atoms with Gasteiger partial charge >= 0.3 is 5.97 Å². The van der Waals surface area contributed by atoms with Crippen LogP contribution in [0.3, 0.4) is 0 Å². The second-order valence-corrected chi connectivity index (χ2v) is 8.44. The van der Waals surface area contributed by atoms with Crippen molar-refractivity contribution < 1.29 is 33.1 Å². The van der Waals surface area contributed by atoms with Crippen molar-refractivity contribution in [3.05, 3.63) is 76.9 Å². The van der Waals surface area contributed by atoms with E-state index in [0.717, 1.165) is 18.4 Å². The third-order valence-corrected chi connectivity index (χ3v) is 5.96. The van der Waals surface area contributed by atoms with Gasteiger partial charge < -0.3 is 24.0 Å². The zero-order chi connectivity index (χ0) is 24.8. The third kappa shape index (κ3) is 6.17. The van der Waals surface area contributed by atoms with Gasteiger partial charge in [0.1, 0.15) is 23.8 Å². The summed E-state index contributed by atoms with van der Waals surface area (Å²) >= 11 is 0. The normalized spacial score (nSPS) is 15.3. The number of nitrogens with zero attached hydrogens (tertiary/aromatic N) is 2. The van der Waals surface area contributed by atoms with Crippen LogP contribution in [0.25, 0.3) is 0 Å². The molecule has 1 unspecified atom stereocenters. The number of carbonyl (C=O) groups excluding carboxylic acids is 1. The van der Waals surface area contributed by atoms with Gasteiger partial charge in [-0.2, -0.15) is 0 Å². The van der Waals surface area contributed by atoms with Crippen LogP contribution in [-0.2, 0) is 29.0 Å². The Hall–Kier alpha value is -3.88. The lowest BCUT2D eigenvalue weighted by Crippen LogP contribution is -2.32. The number of halogens is 1. The maximum atomic E-state index is 14.7. The minimum absolute atomic E-state index is 0.0488. The zero-order valence-electron chi connectivity index (χ0n) is 19.4. The summed E-state index contributed by atoms with van der Waals surface area (Å²) in [5.74, 6) is -0.289. The quantitative estimate of drug-likeness (QED) is 0.459. The molecule has 0 radical (unpaired) electrons. The summed E-state index contributed by atoms with van der Waals surface area (Å²) in [6.07, 6.45) is 1.80. The number of ether oxygens (including phenoxy) is 2. The van der Waals surface area contributed by atoms with Crippen molar-refractivity contribution in [3.8, 4) is 11.5 Å². The van der Waals surface area contributed by atoms with Crippen LogP contribution in [0.15, 0.2) is 53.1 Å². The third-order valence-electron chi connectivity index (χ3n) is 5.96. The Labute approximate surface area is 202 Å². The average Bonchev–Trinajstić information content (AvgIpc) is 3.52. The van der Waals surface area contributed by atoms with Gasteiger partial charge in [0.25, 0.3) is 0 Å². The number of hydrogen-bond acceptors (Lipinski definition) is 6. The van der Waals surface area contributed by atoms with E-state index in [0.29, 0.717) is 29.3 Å². The summed E-state index contributed by atoms with van der Waals surface area (Å²) in [6, 6.07) is 13.4. The van der Waals surface area contributed by atoms with Crippen LogP contribution in [0.2, 0.25) is 0 Å². The molecule has 1 saturated heterocycles. The van der Waals surface area contributed by atoms with Crippen molar-refractivity contribution >= 4 is 11.9 Å². The van der Waals surface area contributed by atoms with Crippen molar-refractivity contribution in [2.75, 3.05) is 13.7 Å². The summed E-state index contributed by atoms with van der Waals surface area (Å²) < 4.78 is 30.7. The SMILES string of the molecule is COc1cccc(COc2ccc(CC(=O)N3CCCC3c3cc(CCC(=O)O)on3)cc2F)c1. The van der Waals surface area contributed by atoms with E-state index < -0.39 is 11.8 Å². The Morgan fingerprint density at radius 1 is 1.20 bits per heavy atom. The standard InChI is InChI=1S/C26H27FN2O6/c1-33-19-5-2-4-18(12-19)16-34-24-9-7-17(13-21(24)27)14-25(30)29-11-3-6-23(29)22-15-20(35-28-22)8-10-26(31)32/h2,4-5,7,9,12-13,15,23H,3,6,8,10-11,14,16H2,1H3,(H,31,32). The molecule has 0 aliphatic carbocycles. The van der Waals surface area contributed by atoms with Gasteiger partial charge in [0.15, 0.2) is 11.6 Å². The molecule has 4 rings (SSSR count). The van der Waals surface area contributed by atoms with Crippen LogP contribution in [-0.4, -0.2) is 40.7 Å². The Morgan fingerprint density at radius 2 is 2.06 bits per heavy atom. The van der Waals surface area contributed by atoms with Crippen LogP contribution >= 0.6 is 0 Å². The number of carbonyl (C=O) groups is 2. The van der Waals surface area contributed by atoms with E-state index in [9.17, 15) is 14.0 Å². The Balaban J connectivity index is 1.36. The van der Waals surface area contributed by atoms with E-state index >= 15 is 0 Å². The van der Waals surface area contributed by atoms with Crippen LogP contribution in [0.4, 0.5) is 4.39 Å². The van der Waals surface area contributed by atoms with Crippen molar-refractivity contribution in [1.29, 1.82) is 0 Å². The molecule has 2 aromatic carbocycles. The molecule has 35 heavy (non-hydrogen) atoms. The molecule has 0 saturated carbocycles. The predicted molar refractivity (Wildman–Crippen MR) is 124 cm³/mol. The highest BCUT2D eigenvalue weighted by molar-refractivity contribution is 5.79. The maximum absolute atomic E-state index is 14.7. The van der Waals surface area contributed by atoms with Gasteiger partial charge in [0.2, 0.25) is 5.91 Å². The number of rotatable bonds is 10. The van der Waals surface area contributed by atoms with E-state index in [-0.39, 0.29) is 43.6 Å². The van der Waals surface area contributed by atoms with Gasteiger partial charge in [0.05, 0.1) is 26.0 Å². The smallest absolute Gasteiger partial charge is 0.303 e. The Morgan fingerprint density at radius 3 is 2.83 bits per heavy atom. The molecular formula is C26H27FN2O6. The van der Waals surface area contributed by atoms with E-state index in [1.165, 1.54) is 12.1 Å². The highest BCUT2D eigenvalue weighted by Crippen LogP contribution is 2.32. The molecule has 1 fully saturated rings. The lowest BCUT2D eigenvalue weighted by molar-refractivity contribution is -0.137. The van der Waals surface area contributed by atoms with Crippen LogP contribution < -0.4 is 9.47 Å². The van der Waals surface area contributed by atoms with Gasteiger partial charge in [-0.1, -0.05) is 23.4 Å². The zero-order valence-corrected chi connectivity index (χ0v) is 19.4. The molecule has 1 aliphatic heterocycles. The van der Waals surface area contributed by atoms with Gasteiger partial charge in [-0.25, -0.2) is 4.39 Å². The first-order valence-corrected chi connectivity index (χ1v) is 11.4. The van der Waals surface area contributed by atoms with E-state index in [1.807, 2.05) is 24.3 Å².